The molecule has 1 atom stereocenters. The quantitative estimate of drug-likeness (QED) is 0.683. The Morgan fingerprint density at radius 2 is 2.04 bits per heavy atom. The SMILES string of the molecule is CC1=CC(c2ccccc2)n2nc(-c3cc(Cl)ccc3NC=O)nc2N1. The molecule has 2 N–H and O–H groups in total. The summed E-state index contributed by atoms with van der Waals surface area (Å²) in [6.07, 6.45) is 2.73. The highest BCUT2D eigenvalue weighted by molar-refractivity contribution is 6.31. The third-order valence-corrected chi connectivity index (χ3v) is 4.42. The van der Waals surface area contributed by atoms with Crippen molar-refractivity contribution in [3.05, 3.63) is 70.9 Å². The van der Waals surface area contributed by atoms with Crippen molar-refractivity contribution in [1.82, 2.24) is 14.8 Å². The maximum Gasteiger partial charge on any atom is 0.226 e. The highest BCUT2D eigenvalue weighted by Gasteiger charge is 2.24. The molecule has 1 unspecified atom stereocenters. The number of benzene rings is 2. The number of hydrogen-bond donors (Lipinski definition) is 2. The van der Waals surface area contributed by atoms with E-state index in [1.807, 2.05) is 29.8 Å². The summed E-state index contributed by atoms with van der Waals surface area (Å²) < 4.78 is 1.84. The van der Waals surface area contributed by atoms with Gasteiger partial charge in [0, 0.05) is 16.3 Å². The van der Waals surface area contributed by atoms with E-state index in [1.54, 1.807) is 18.2 Å². The Hall–Kier alpha value is -3.12. The predicted octanol–water partition coefficient (Wildman–Crippen LogP) is 4.09. The lowest BCUT2D eigenvalue weighted by molar-refractivity contribution is -0.105. The standard InChI is InChI=1S/C19H16ClN5O/c1-12-9-17(13-5-3-2-4-6-13)25-19(22-12)23-18(24-25)15-10-14(20)7-8-16(15)21-11-26/h2-11,17H,1H3,(H,21,26)(H,22,23,24). The Balaban J connectivity index is 1.82. The van der Waals surface area contributed by atoms with Crippen molar-refractivity contribution in [2.45, 2.75) is 13.0 Å². The molecule has 130 valence electrons. The normalized spacial score (nSPS) is 15.6. The molecule has 0 saturated heterocycles. The molecule has 0 fully saturated rings. The van der Waals surface area contributed by atoms with Crippen molar-refractivity contribution < 1.29 is 4.79 Å². The maximum atomic E-state index is 10.9. The van der Waals surface area contributed by atoms with Gasteiger partial charge < -0.3 is 10.6 Å². The van der Waals surface area contributed by atoms with Crippen LogP contribution in [0.5, 0.6) is 0 Å². The first-order valence-electron chi connectivity index (χ1n) is 8.13. The second-order valence-electron chi connectivity index (χ2n) is 5.99. The van der Waals surface area contributed by atoms with Gasteiger partial charge >= 0.3 is 0 Å². The van der Waals surface area contributed by atoms with E-state index in [1.165, 1.54) is 0 Å². The van der Waals surface area contributed by atoms with Crippen LogP contribution in [0.15, 0.2) is 60.3 Å². The molecule has 0 radical (unpaired) electrons. The molecule has 3 aromatic rings. The molecule has 0 aliphatic carbocycles. The third-order valence-electron chi connectivity index (χ3n) is 4.19. The largest absolute Gasteiger partial charge is 0.329 e. The van der Waals surface area contributed by atoms with E-state index >= 15 is 0 Å². The van der Waals surface area contributed by atoms with Gasteiger partial charge in [-0.15, -0.1) is 5.10 Å². The van der Waals surface area contributed by atoms with Crippen LogP contribution in [-0.4, -0.2) is 21.2 Å². The lowest BCUT2D eigenvalue weighted by atomic mass is 10.1. The molecule has 0 saturated carbocycles. The Morgan fingerprint density at radius 3 is 2.81 bits per heavy atom. The number of nitrogens with zero attached hydrogens (tertiary/aromatic N) is 3. The Labute approximate surface area is 155 Å². The van der Waals surface area contributed by atoms with Crippen LogP contribution in [0.25, 0.3) is 11.4 Å². The molecule has 4 rings (SSSR count). The number of nitrogens with one attached hydrogen (secondary N) is 2. The molecular weight excluding hydrogens is 350 g/mol. The molecule has 1 aliphatic heterocycles. The summed E-state index contributed by atoms with van der Waals surface area (Å²) in [5.41, 5.74) is 3.39. The van der Waals surface area contributed by atoms with Gasteiger partial charge in [0.25, 0.3) is 0 Å². The minimum Gasteiger partial charge on any atom is -0.329 e. The number of hydrogen-bond acceptors (Lipinski definition) is 4. The summed E-state index contributed by atoms with van der Waals surface area (Å²) >= 11 is 6.14. The molecule has 1 aromatic heterocycles. The van der Waals surface area contributed by atoms with Crippen molar-refractivity contribution in [3.8, 4) is 11.4 Å². The lowest BCUT2D eigenvalue weighted by Crippen LogP contribution is -2.19. The summed E-state index contributed by atoms with van der Waals surface area (Å²) in [7, 11) is 0. The number of halogens is 1. The number of aromatic nitrogens is 3. The van der Waals surface area contributed by atoms with Crippen LogP contribution in [0.4, 0.5) is 11.6 Å². The summed E-state index contributed by atoms with van der Waals surface area (Å²) in [5.74, 6) is 1.13. The zero-order valence-corrected chi connectivity index (χ0v) is 14.7. The van der Waals surface area contributed by atoms with E-state index in [-0.39, 0.29) is 6.04 Å². The topological polar surface area (TPSA) is 71.8 Å². The average Bonchev–Trinajstić information content (AvgIpc) is 3.07. The molecule has 2 heterocycles. The molecule has 1 aliphatic rings. The highest BCUT2D eigenvalue weighted by Crippen LogP contribution is 2.33. The smallest absolute Gasteiger partial charge is 0.226 e. The second-order valence-corrected chi connectivity index (χ2v) is 6.42. The van der Waals surface area contributed by atoms with Gasteiger partial charge in [-0.2, -0.15) is 4.98 Å². The van der Waals surface area contributed by atoms with Gasteiger partial charge in [-0.3, -0.25) is 4.79 Å². The van der Waals surface area contributed by atoms with Crippen molar-refractivity contribution in [2.24, 2.45) is 0 Å². The number of allylic oxidation sites excluding steroid dienone is 2. The molecule has 7 heteroatoms. The summed E-state index contributed by atoms with van der Waals surface area (Å²) in [4.78, 5) is 15.5. The van der Waals surface area contributed by atoms with E-state index < -0.39 is 0 Å². The Morgan fingerprint density at radius 1 is 1.23 bits per heavy atom. The predicted molar refractivity (Wildman–Crippen MR) is 102 cm³/mol. The van der Waals surface area contributed by atoms with Crippen LogP contribution in [0, 0.1) is 0 Å². The Kier molecular flexibility index (Phi) is 4.18. The van der Waals surface area contributed by atoms with E-state index in [0.717, 1.165) is 11.3 Å². The van der Waals surface area contributed by atoms with Crippen molar-refractivity contribution in [1.29, 1.82) is 0 Å². The molecule has 0 spiro atoms. The van der Waals surface area contributed by atoms with E-state index in [4.69, 9.17) is 11.6 Å². The van der Waals surface area contributed by atoms with Crippen LogP contribution < -0.4 is 10.6 Å². The van der Waals surface area contributed by atoms with Gasteiger partial charge in [0.05, 0.1) is 5.69 Å². The number of carbonyl (C=O) groups excluding carboxylic acids is 1. The fraction of sp³-hybridized carbons (Fsp3) is 0.105. The Bertz CT molecular complexity index is 996. The van der Waals surface area contributed by atoms with Crippen LogP contribution in [-0.2, 0) is 4.79 Å². The zero-order valence-electron chi connectivity index (χ0n) is 14.0. The lowest BCUT2D eigenvalue weighted by Gasteiger charge is -2.22. The van der Waals surface area contributed by atoms with Crippen LogP contribution in [0.3, 0.4) is 0 Å². The number of carbonyl (C=O) groups is 1. The van der Waals surface area contributed by atoms with Crippen molar-refractivity contribution in [3.63, 3.8) is 0 Å². The van der Waals surface area contributed by atoms with Crippen LogP contribution >= 0.6 is 11.6 Å². The maximum absolute atomic E-state index is 10.9. The van der Waals surface area contributed by atoms with Crippen LogP contribution in [0.2, 0.25) is 5.02 Å². The first kappa shape index (κ1) is 16.4. The average molecular weight is 366 g/mol. The summed E-state index contributed by atoms with van der Waals surface area (Å²) in [5, 5.41) is 11.1. The van der Waals surface area contributed by atoms with E-state index in [0.29, 0.717) is 34.5 Å². The third kappa shape index (κ3) is 2.95. The monoisotopic (exact) mass is 365 g/mol. The molecule has 0 bridgehead atoms. The van der Waals surface area contributed by atoms with Gasteiger partial charge in [-0.05, 0) is 36.8 Å². The number of amides is 1. The first-order chi connectivity index (χ1) is 12.7. The van der Waals surface area contributed by atoms with Gasteiger partial charge in [0.1, 0.15) is 6.04 Å². The number of anilines is 2. The second kappa shape index (κ2) is 6.65. The fourth-order valence-corrected chi connectivity index (χ4v) is 3.19. The number of fused-ring (bicyclic) bond motifs is 1. The van der Waals surface area contributed by atoms with Crippen LogP contribution in [0.1, 0.15) is 18.5 Å². The summed E-state index contributed by atoms with van der Waals surface area (Å²) in [6.45, 7) is 1.99. The van der Waals surface area contributed by atoms with Gasteiger partial charge in [-0.25, -0.2) is 4.68 Å². The van der Waals surface area contributed by atoms with Gasteiger partial charge in [0.2, 0.25) is 12.4 Å². The zero-order chi connectivity index (χ0) is 18.1. The van der Waals surface area contributed by atoms with E-state index in [9.17, 15) is 4.79 Å². The highest BCUT2D eigenvalue weighted by atomic mass is 35.5. The molecule has 6 nitrogen and oxygen atoms in total. The van der Waals surface area contributed by atoms with E-state index in [2.05, 4.69) is 38.9 Å². The minimum atomic E-state index is -0.0598. The molecular formula is C19H16ClN5O. The summed E-state index contributed by atoms with van der Waals surface area (Å²) in [6, 6.07) is 15.2. The van der Waals surface area contributed by atoms with Crippen molar-refractivity contribution >= 4 is 29.6 Å². The van der Waals surface area contributed by atoms with Crippen molar-refractivity contribution in [2.75, 3.05) is 10.6 Å². The first-order valence-corrected chi connectivity index (χ1v) is 8.50. The molecule has 26 heavy (non-hydrogen) atoms. The molecule has 1 amide bonds. The number of rotatable bonds is 4. The van der Waals surface area contributed by atoms with Gasteiger partial charge in [0.15, 0.2) is 5.82 Å². The molecule has 2 aromatic carbocycles. The minimum absolute atomic E-state index is 0.0598. The van der Waals surface area contributed by atoms with Gasteiger partial charge in [-0.1, -0.05) is 41.9 Å². The fourth-order valence-electron chi connectivity index (χ4n) is 3.02.